The second kappa shape index (κ2) is 5.60. The predicted molar refractivity (Wildman–Crippen MR) is 81.5 cm³/mol. The molecule has 106 valence electrons. The van der Waals surface area contributed by atoms with Gasteiger partial charge in [-0.25, -0.2) is 0 Å². The van der Waals surface area contributed by atoms with E-state index in [0.29, 0.717) is 27.9 Å². The highest BCUT2D eigenvalue weighted by Crippen LogP contribution is 2.29. The molecule has 1 aromatic carbocycles. The Morgan fingerprint density at radius 2 is 2.20 bits per heavy atom. The van der Waals surface area contributed by atoms with E-state index in [2.05, 4.69) is 32.3 Å². The van der Waals surface area contributed by atoms with Crippen molar-refractivity contribution in [1.29, 1.82) is 0 Å². The standard InChI is InChI=1S/C13H15Cl2N5/c1-8-7-20(5-4-16-8)13-17-12(18-19-13)10-6-9(14)2-3-11(10)15/h2-3,6,8,16H,4-5,7H2,1H3,(H,17,18,19)/t8-/m1/s1. The lowest BCUT2D eigenvalue weighted by molar-refractivity contribution is 0.480. The van der Waals surface area contributed by atoms with Gasteiger partial charge in [0, 0.05) is 36.3 Å². The van der Waals surface area contributed by atoms with Gasteiger partial charge in [-0.15, -0.1) is 5.10 Å². The third kappa shape index (κ3) is 2.75. The number of benzene rings is 1. The van der Waals surface area contributed by atoms with E-state index in [4.69, 9.17) is 23.2 Å². The number of nitrogens with one attached hydrogen (secondary N) is 2. The van der Waals surface area contributed by atoms with Crippen LogP contribution < -0.4 is 10.2 Å². The maximum absolute atomic E-state index is 6.18. The number of rotatable bonds is 2. The molecule has 1 aliphatic rings. The molecule has 3 rings (SSSR count). The van der Waals surface area contributed by atoms with Crippen LogP contribution >= 0.6 is 23.2 Å². The molecule has 7 heteroatoms. The summed E-state index contributed by atoms with van der Waals surface area (Å²) in [5.41, 5.74) is 0.765. The fourth-order valence-corrected chi connectivity index (χ4v) is 2.69. The van der Waals surface area contributed by atoms with Crippen LogP contribution in [0.15, 0.2) is 18.2 Å². The molecule has 2 heterocycles. The van der Waals surface area contributed by atoms with Crippen molar-refractivity contribution in [1.82, 2.24) is 20.5 Å². The van der Waals surface area contributed by atoms with Gasteiger partial charge in [-0.1, -0.05) is 23.2 Å². The molecule has 2 aromatic rings. The first-order valence-corrected chi connectivity index (χ1v) is 7.25. The summed E-state index contributed by atoms with van der Waals surface area (Å²) < 4.78 is 0. The van der Waals surface area contributed by atoms with Crippen LogP contribution in [-0.2, 0) is 0 Å². The van der Waals surface area contributed by atoms with Gasteiger partial charge in [0.05, 0.1) is 5.02 Å². The molecule has 0 aliphatic carbocycles. The maximum Gasteiger partial charge on any atom is 0.245 e. The normalized spacial score (nSPS) is 19.4. The summed E-state index contributed by atoms with van der Waals surface area (Å²) in [5.74, 6) is 1.34. The van der Waals surface area contributed by atoms with E-state index in [9.17, 15) is 0 Å². The Bertz CT molecular complexity index is 613. The van der Waals surface area contributed by atoms with E-state index in [1.165, 1.54) is 0 Å². The van der Waals surface area contributed by atoms with Gasteiger partial charge in [-0.2, -0.15) is 4.98 Å². The average Bonchev–Trinajstić information content (AvgIpc) is 2.91. The van der Waals surface area contributed by atoms with Gasteiger partial charge in [-0.05, 0) is 25.1 Å². The Labute approximate surface area is 127 Å². The topological polar surface area (TPSA) is 56.8 Å². The molecule has 1 saturated heterocycles. The lowest BCUT2D eigenvalue weighted by Gasteiger charge is -2.30. The molecule has 0 radical (unpaired) electrons. The zero-order chi connectivity index (χ0) is 14.1. The third-order valence-corrected chi connectivity index (χ3v) is 3.87. The van der Waals surface area contributed by atoms with Crippen molar-refractivity contribution in [2.75, 3.05) is 24.5 Å². The Balaban J connectivity index is 1.88. The van der Waals surface area contributed by atoms with Gasteiger partial charge in [0.2, 0.25) is 5.95 Å². The first-order chi connectivity index (χ1) is 9.63. The van der Waals surface area contributed by atoms with E-state index in [1.54, 1.807) is 18.2 Å². The highest BCUT2D eigenvalue weighted by atomic mass is 35.5. The van der Waals surface area contributed by atoms with Crippen LogP contribution in [0.1, 0.15) is 6.92 Å². The molecular weight excluding hydrogens is 297 g/mol. The van der Waals surface area contributed by atoms with Crippen LogP contribution in [0.25, 0.3) is 11.4 Å². The molecule has 1 aromatic heterocycles. The van der Waals surface area contributed by atoms with Crippen molar-refractivity contribution in [2.24, 2.45) is 0 Å². The SMILES string of the molecule is C[C@@H]1CN(c2n[nH]c(-c3cc(Cl)ccc3Cl)n2)CCN1. The summed E-state index contributed by atoms with van der Waals surface area (Å²) in [4.78, 5) is 6.68. The molecule has 0 saturated carbocycles. The van der Waals surface area contributed by atoms with Crippen molar-refractivity contribution < 1.29 is 0 Å². The van der Waals surface area contributed by atoms with Crippen molar-refractivity contribution in [3.05, 3.63) is 28.2 Å². The Morgan fingerprint density at radius 3 is 3.00 bits per heavy atom. The number of H-pyrrole nitrogens is 1. The zero-order valence-corrected chi connectivity index (χ0v) is 12.5. The van der Waals surface area contributed by atoms with Crippen LogP contribution in [0.5, 0.6) is 0 Å². The van der Waals surface area contributed by atoms with Gasteiger partial charge >= 0.3 is 0 Å². The van der Waals surface area contributed by atoms with E-state index in [-0.39, 0.29) is 0 Å². The van der Waals surface area contributed by atoms with Crippen molar-refractivity contribution >= 4 is 29.2 Å². The largest absolute Gasteiger partial charge is 0.337 e. The summed E-state index contributed by atoms with van der Waals surface area (Å²) in [6.45, 7) is 4.86. The molecule has 1 aliphatic heterocycles. The molecule has 1 atom stereocenters. The minimum Gasteiger partial charge on any atom is -0.337 e. The molecule has 1 fully saturated rings. The second-order valence-electron chi connectivity index (χ2n) is 4.91. The number of aromatic nitrogens is 3. The van der Waals surface area contributed by atoms with Crippen LogP contribution in [0.4, 0.5) is 5.95 Å². The number of halogens is 2. The number of aromatic amines is 1. The van der Waals surface area contributed by atoms with E-state index in [0.717, 1.165) is 25.2 Å². The lowest BCUT2D eigenvalue weighted by Crippen LogP contribution is -2.49. The fourth-order valence-electron chi connectivity index (χ4n) is 2.31. The molecule has 2 N–H and O–H groups in total. The van der Waals surface area contributed by atoms with Gasteiger partial charge in [0.15, 0.2) is 5.82 Å². The molecule has 20 heavy (non-hydrogen) atoms. The second-order valence-corrected chi connectivity index (χ2v) is 5.75. The third-order valence-electron chi connectivity index (χ3n) is 3.31. The number of piperazine rings is 1. The first kappa shape index (κ1) is 13.7. The molecule has 0 amide bonds. The average molecular weight is 312 g/mol. The molecule has 0 unspecified atom stereocenters. The maximum atomic E-state index is 6.18. The van der Waals surface area contributed by atoms with Gasteiger partial charge < -0.3 is 10.2 Å². The van der Waals surface area contributed by atoms with Crippen molar-refractivity contribution in [3.8, 4) is 11.4 Å². The number of anilines is 1. The first-order valence-electron chi connectivity index (χ1n) is 6.49. The van der Waals surface area contributed by atoms with Crippen LogP contribution in [-0.4, -0.2) is 40.9 Å². The van der Waals surface area contributed by atoms with Gasteiger partial charge in [0.1, 0.15) is 0 Å². The molecular formula is C13H15Cl2N5. The quantitative estimate of drug-likeness (QED) is 0.895. The Kier molecular flexibility index (Phi) is 3.83. The minimum absolute atomic E-state index is 0.431. The fraction of sp³-hybridized carbons (Fsp3) is 0.385. The van der Waals surface area contributed by atoms with Crippen LogP contribution in [0.3, 0.4) is 0 Å². The monoisotopic (exact) mass is 311 g/mol. The van der Waals surface area contributed by atoms with Crippen LogP contribution in [0.2, 0.25) is 10.0 Å². The smallest absolute Gasteiger partial charge is 0.245 e. The lowest BCUT2D eigenvalue weighted by atomic mass is 10.2. The molecule has 0 spiro atoms. The zero-order valence-electron chi connectivity index (χ0n) is 11.0. The Morgan fingerprint density at radius 1 is 1.35 bits per heavy atom. The number of hydrogen-bond acceptors (Lipinski definition) is 4. The van der Waals surface area contributed by atoms with E-state index < -0.39 is 0 Å². The Hall–Kier alpha value is -1.30. The highest BCUT2D eigenvalue weighted by molar-refractivity contribution is 6.35. The summed E-state index contributed by atoms with van der Waals surface area (Å²) in [6, 6.07) is 5.73. The van der Waals surface area contributed by atoms with E-state index in [1.807, 2.05) is 0 Å². The highest BCUT2D eigenvalue weighted by Gasteiger charge is 2.20. The summed E-state index contributed by atoms with van der Waals surface area (Å²) in [6.07, 6.45) is 0. The number of hydrogen-bond donors (Lipinski definition) is 2. The summed E-state index contributed by atoms with van der Waals surface area (Å²) in [7, 11) is 0. The molecule has 0 bridgehead atoms. The molecule has 5 nitrogen and oxygen atoms in total. The van der Waals surface area contributed by atoms with Crippen molar-refractivity contribution in [2.45, 2.75) is 13.0 Å². The van der Waals surface area contributed by atoms with Crippen LogP contribution in [0, 0.1) is 0 Å². The minimum atomic E-state index is 0.431. The van der Waals surface area contributed by atoms with Gasteiger partial charge in [-0.3, -0.25) is 5.10 Å². The van der Waals surface area contributed by atoms with E-state index >= 15 is 0 Å². The predicted octanol–water partition coefficient (Wildman–Crippen LogP) is 2.58. The summed E-state index contributed by atoms with van der Waals surface area (Å²) in [5, 5.41) is 11.8. The van der Waals surface area contributed by atoms with Gasteiger partial charge in [0.25, 0.3) is 0 Å². The summed E-state index contributed by atoms with van der Waals surface area (Å²) >= 11 is 12.2. The van der Waals surface area contributed by atoms with Crippen molar-refractivity contribution in [3.63, 3.8) is 0 Å². The number of nitrogens with zero attached hydrogens (tertiary/aromatic N) is 3.